The number of carbonyl (C=O) groups is 2. The lowest BCUT2D eigenvalue weighted by molar-refractivity contribution is 0.0185. The van der Waals surface area contributed by atoms with Crippen molar-refractivity contribution in [2.45, 2.75) is 52.2 Å². The zero-order chi connectivity index (χ0) is 16.5. The summed E-state index contributed by atoms with van der Waals surface area (Å²) >= 11 is 0. The molecule has 7 nitrogen and oxygen atoms in total. The third kappa shape index (κ3) is 3.78. The lowest BCUT2D eigenvalue weighted by atomic mass is 10.1. The number of carbonyl (C=O) groups excluding carboxylic acids is 2. The third-order valence-corrected chi connectivity index (χ3v) is 3.63. The molecule has 0 unspecified atom stereocenters. The van der Waals surface area contributed by atoms with Gasteiger partial charge in [0.1, 0.15) is 5.60 Å². The van der Waals surface area contributed by atoms with Crippen LogP contribution >= 0.6 is 0 Å². The number of nitrogen functional groups attached to an aromatic ring is 1. The van der Waals surface area contributed by atoms with E-state index in [1.165, 1.54) is 6.92 Å². The van der Waals surface area contributed by atoms with Crippen LogP contribution in [0.5, 0.6) is 0 Å². The summed E-state index contributed by atoms with van der Waals surface area (Å²) in [4.78, 5) is 25.2. The summed E-state index contributed by atoms with van der Waals surface area (Å²) in [5.74, 6) is 0.178. The van der Waals surface area contributed by atoms with E-state index >= 15 is 0 Å². The topological polar surface area (TPSA) is 90.5 Å². The Morgan fingerprint density at radius 3 is 2.36 bits per heavy atom. The summed E-state index contributed by atoms with van der Waals surface area (Å²) in [5.41, 5.74) is 5.72. The first-order valence-electron chi connectivity index (χ1n) is 7.51. The molecule has 0 bridgehead atoms. The molecule has 1 amide bonds. The van der Waals surface area contributed by atoms with E-state index in [9.17, 15) is 9.59 Å². The molecule has 1 aromatic rings. The molecule has 22 heavy (non-hydrogen) atoms. The maximum atomic E-state index is 12.0. The Morgan fingerprint density at radius 1 is 1.32 bits per heavy atom. The van der Waals surface area contributed by atoms with Gasteiger partial charge in [0.05, 0.1) is 11.6 Å². The Morgan fingerprint density at radius 2 is 1.91 bits per heavy atom. The summed E-state index contributed by atoms with van der Waals surface area (Å²) < 4.78 is 7.12. The first-order chi connectivity index (χ1) is 10.2. The van der Waals surface area contributed by atoms with E-state index < -0.39 is 5.60 Å². The van der Waals surface area contributed by atoms with Crippen LogP contribution in [0.1, 0.15) is 56.9 Å². The summed E-state index contributed by atoms with van der Waals surface area (Å²) in [6, 6.07) is 0.147. The molecule has 0 atom stereocenters. The average molecular weight is 308 g/mol. The van der Waals surface area contributed by atoms with Gasteiger partial charge in [-0.25, -0.2) is 4.79 Å². The molecule has 2 heterocycles. The zero-order valence-electron chi connectivity index (χ0n) is 13.6. The van der Waals surface area contributed by atoms with Gasteiger partial charge in [0, 0.05) is 19.3 Å². The van der Waals surface area contributed by atoms with Gasteiger partial charge in [-0.1, -0.05) is 0 Å². The van der Waals surface area contributed by atoms with E-state index in [-0.39, 0.29) is 23.7 Å². The standard InChI is InChI=1S/C15H24N4O3/c1-10(20)12-9-19(17-13(12)16)11-5-7-18(8-6-11)14(21)22-15(2,3)4/h9,11H,5-8H2,1-4H3,(H2,16,17). The number of amides is 1. The maximum absolute atomic E-state index is 12.0. The van der Waals surface area contributed by atoms with Crippen LogP contribution in [0, 0.1) is 0 Å². The predicted octanol–water partition coefficient (Wildman–Crippen LogP) is 2.24. The molecule has 1 saturated heterocycles. The summed E-state index contributed by atoms with van der Waals surface area (Å²) in [6.45, 7) is 8.25. The summed E-state index contributed by atoms with van der Waals surface area (Å²) in [5, 5.41) is 4.22. The summed E-state index contributed by atoms with van der Waals surface area (Å²) in [6.07, 6.45) is 2.94. The van der Waals surface area contributed by atoms with Gasteiger partial charge in [0.15, 0.2) is 11.6 Å². The molecular weight excluding hydrogens is 284 g/mol. The van der Waals surface area contributed by atoms with Crippen molar-refractivity contribution in [2.24, 2.45) is 0 Å². The number of nitrogens with two attached hydrogens (primary N) is 1. The van der Waals surface area contributed by atoms with Gasteiger partial charge in [-0.3, -0.25) is 9.48 Å². The van der Waals surface area contributed by atoms with Gasteiger partial charge >= 0.3 is 6.09 Å². The highest BCUT2D eigenvalue weighted by atomic mass is 16.6. The molecule has 1 aliphatic heterocycles. The number of ketones is 1. The number of nitrogens with zero attached hydrogens (tertiary/aromatic N) is 3. The van der Waals surface area contributed by atoms with Crippen molar-refractivity contribution in [3.8, 4) is 0 Å². The van der Waals surface area contributed by atoms with Crippen molar-refractivity contribution < 1.29 is 14.3 Å². The van der Waals surface area contributed by atoms with Crippen LogP contribution in [0.15, 0.2) is 6.20 Å². The van der Waals surface area contributed by atoms with Crippen molar-refractivity contribution in [3.63, 3.8) is 0 Å². The van der Waals surface area contributed by atoms with Crippen molar-refractivity contribution in [2.75, 3.05) is 18.8 Å². The molecule has 2 rings (SSSR count). The SMILES string of the molecule is CC(=O)c1cn(C2CCN(C(=O)OC(C)(C)C)CC2)nc1N. The number of hydrogen-bond acceptors (Lipinski definition) is 5. The van der Waals surface area contributed by atoms with Gasteiger partial charge < -0.3 is 15.4 Å². The second kappa shape index (κ2) is 5.98. The number of Topliss-reactive ketones (excluding diaryl/α,β-unsaturated/α-hetero) is 1. The highest BCUT2D eigenvalue weighted by Crippen LogP contribution is 2.25. The fraction of sp³-hybridized carbons (Fsp3) is 0.667. The molecule has 1 aromatic heterocycles. The molecule has 1 fully saturated rings. The van der Waals surface area contributed by atoms with Gasteiger partial charge in [-0.2, -0.15) is 5.10 Å². The Balaban J connectivity index is 1.96. The number of hydrogen-bond donors (Lipinski definition) is 1. The van der Waals surface area contributed by atoms with Crippen molar-refractivity contribution in [1.82, 2.24) is 14.7 Å². The van der Waals surface area contributed by atoms with Gasteiger partial charge in [0.25, 0.3) is 0 Å². The average Bonchev–Trinajstić information content (AvgIpc) is 2.79. The first-order valence-corrected chi connectivity index (χ1v) is 7.51. The fourth-order valence-electron chi connectivity index (χ4n) is 2.50. The third-order valence-electron chi connectivity index (χ3n) is 3.63. The number of rotatable bonds is 2. The minimum Gasteiger partial charge on any atom is -0.444 e. The Bertz CT molecular complexity index is 566. The largest absolute Gasteiger partial charge is 0.444 e. The van der Waals surface area contributed by atoms with Crippen LogP contribution in [-0.2, 0) is 4.74 Å². The molecule has 7 heteroatoms. The molecule has 2 N–H and O–H groups in total. The van der Waals surface area contributed by atoms with Crippen LogP contribution in [0.2, 0.25) is 0 Å². The summed E-state index contributed by atoms with van der Waals surface area (Å²) in [7, 11) is 0. The monoisotopic (exact) mass is 308 g/mol. The number of anilines is 1. The quantitative estimate of drug-likeness (QED) is 0.846. The second-order valence-electron chi connectivity index (χ2n) is 6.66. The lowest BCUT2D eigenvalue weighted by Gasteiger charge is -2.33. The van der Waals surface area contributed by atoms with Crippen molar-refractivity contribution >= 4 is 17.7 Å². The van der Waals surface area contributed by atoms with Crippen LogP contribution in [0.25, 0.3) is 0 Å². The second-order valence-corrected chi connectivity index (χ2v) is 6.66. The molecule has 122 valence electrons. The van der Waals surface area contributed by atoms with Crippen LogP contribution in [0.3, 0.4) is 0 Å². The Hall–Kier alpha value is -2.05. The van der Waals surface area contributed by atoms with E-state index in [2.05, 4.69) is 5.10 Å². The van der Waals surface area contributed by atoms with Gasteiger partial charge in [-0.05, 0) is 40.5 Å². The minimum atomic E-state index is -0.485. The van der Waals surface area contributed by atoms with Crippen LogP contribution in [-0.4, -0.2) is 45.2 Å². The zero-order valence-corrected chi connectivity index (χ0v) is 13.6. The van der Waals surface area contributed by atoms with E-state index in [0.29, 0.717) is 18.7 Å². The highest BCUT2D eigenvalue weighted by Gasteiger charge is 2.28. The number of likely N-dealkylation sites (tertiary alicyclic amines) is 1. The van der Waals surface area contributed by atoms with E-state index in [1.807, 2.05) is 20.8 Å². The highest BCUT2D eigenvalue weighted by molar-refractivity contribution is 5.98. The van der Waals surface area contributed by atoms with Crippen molar-refractivity contribution in [3.05, 3.63) is 11.8 Å². The molecule has 0 aliphatic carbocycles. The normalized spacial score (nSPS) is 16.6. The fourth-order valence-corrected chi connectivity index (χ4v) is 2.50. The van der Waals surface area contributed by atoms with Gasteiger partial charge in [-0.15, -0.1) is 0 Å². The Labute approximate surface area is 130 Å². The van der Waals surface area contributed by atoms with Crippen LogP contribution < -0.4 is 5.73 Å². The van der Waals surface area contributed by atoms with Crippen LogP contribution in [0.4, 0.5) is 10.6 Å². The van der Waals surface area contributed by atoms with E-state index in [1.54, 1.807) is 15.8 Å². The molecule has 0 spiro atoms. The smallest absolute Gasteiger partial charge is 0.410 e. The molecule has 1 aliphatic rings. The predicted molar refractivity (Wildman–Crippen MR) is 82.7 cm³/mol. The van der Waals surface area contributed by atoms with Gasteiger partial charge in [0.2, 0.25) is 0 Å². The first kappa shape index (κ1) is 16.3. The molecule has 0 aromatic carbocycles. The minimum absolute atomic E-state index is 0.0880. The Kier molecular flexibility index (Phi) is 4.44. The molecular formula is C15H24N4O3. The molecule has 0 saturated carbocycles. The number of aromatic nitrogens is 2. The number of piperidine rings is 1. The van der Waals surface area contributed by atoms with Crippen molar-refractivity contribution in [1.29, 1.82) is 0 Å². The number of ether oxygens (including phenoxy) is 1. The van der Waals surface area contributed by atoms with E-state index in [4.69, 9.17) is 10.5 Å². The maximum Gasteiger partial charge on any atom is 0.410 e. The van der Waals surface area contributed by atoms with E-state index in [0.717, 1.165) is 12.8 Å². The molecule has 0 radical (unpaired) electrons. The lowest BCUT2D eigenvalue weighted by Crippen LogP contribution is -2.42.